The molecule has 1 heterocycles. The minimum Gasteiger partial charge on any atom is -0.375 e. The molecule has 1 aliphatic heterocycles. The van der Waals surface area contributed by atoms with Gasteiger partial charge in [-0.2, -0.15) is 13.2 Å². The fourth-order valence-electron chi connectivity index (χ4n) is 2.50. The Balaban J connectivity index is 1.86. The highest BCUT2D eigenvalue weighted by molar-refractivity contribution is 5.59. The van der Waals surface area contributed by atoms with Crippen molar-refractivity contribution in [1.29, 1.82) is 0 Å². The average molecular weight is 299 g/mol. The van der Waals surface area contributed by atoms with Crippen LogP contribution in [-0.4, -0.2) is 0 Å². The monoisotopic (exact) mass is 299 g/mol. The van der Waals surface area contributed by atoms with Gasteiger partial charge in [0.2, 0.25) is 0 Å². The SMILES string of the molecule is Fc1cc(F)c2c(c1)CC(c1ccc(C(F)(F)F)cc1)N2. The van der Waals surface area contributed by atoms with Crippen LogP contribution in [-0.2, 0) is 12.6 Å². The summed E-state index contributed by atoms with van der Waals surface area (Å²) in [5, 5.41) is 2.88. The van der Waals surface area contributed by atoms with E-state index < -0.39 is 23.4 Å². The van der Waals surface area contributed by atoms with Crippen LogP contribution in [0.3, 0.4) is 0 Å². The van der Waals surface area contributed by atoms with Crippen LogP contribution in [0.15, 0.2) is 36.4 Å². The summed E-state index contributed by atoms with van der Waals surface area (Å²) in [4.78, 5) is 0. The Hall–Kier alpha value is -2.11. The molecular formula is C15H10F5N. The van der Waals surface area contributed by atoms with Gasteiger partial charge in [-0.15, -0.1) is 0 Å². The van der Waals surface area contributed by atoms with Gasteiger partial charge in [0.05, 0.1) is 17.3 Å². The second kappa shape index (κ2) is 4.72. The Morgan fingerprint density at radius 1 is 1.00 bits per heavy atom. The normalized spacial score (nSPS) is 17.5. The molecule has 1 atom stereocenters. The van der Waals surface area contributed by atoms with Crippen molar-refractivity contribution in [2.45, 2.75) is 18.6 Å². The largest absolute Gasteiger partial charge is 0.416 e. The molecule has 0 radical (unpaired) electrons. The third-order valence-electron chi connectivity index (χ3n) is 3.52. The summed E-state index contributed by atoms with van der Waals surface area (Å²) in [7, 11) is 0. The van der Waals surface area contributed by atoms with Crippen molar-refractivity contribution >= 4 is 5.69 Å². The van der Waals surface area contributed by atoms with Crippen molar-refractivity contribution in [2.75, 3.05) is 5.32 Å². The second-order valence-electron chi connectivity index (χ2n) is 4.94. The summed E-state index contributed by atoms with van der Waals surface area (Å²) >= 11 is 0. The molecule has 2 aromatic carbocycles. The van der Waals surface area contributed by atoms with Crippen molar-refractivity contribution in [1.82, 2.24) is 0 Å². The lowest BCUT2D eigenvalue weighted by atomic mass is 10.0. The molecule has 1 nitrogen and oxygen atoms in total. The third kappa shape index (κ3) is 2.57. The van der Waals surface area contributed by atoms with E-state index >= 15 is 0 Å². The molecule has 0 bridgehead atoms. The standard InChI is InChI=1S/C15H10F5N/c16-11-5-9-6-13(21-14(9)12(17)7-11)8-1-3-10(4-2-8)15(18,19)20/h1-5,7,13,21H,6H2. The van der Waals surface area contributed by atoms with Crippen molar-refractivity contribution in [3.8, 4) is 0 Å². The van der Waals surface area contributed by atoms with Crippen LogP contribution < -0.4 is 5.32 Å². The number of halogens is 5. The summed E-state index contributed by atoms with van der Waals surface area (Å²) in [5.41, 5.74) is 0.552. The van der Waals surface area contributed by atoms with Gasteiger partial charge in [-0.3, -0.25) is 0 Å². The Bertz CT molecular complexity index is 676. The summed E-state index contributed by atoms with van der Waals surface area (Å²) in [6.45, 7) is 0. The van der Waals surface area contributed by atoms with E-state index in [1.807, 2.05) is 0 Å². The average Bonchev–Trinajstić information content (AvgIpc) is 2.82. The quantitative estimate of drug-likeness (QED) is 0.753. The Morgan fingerprint density at radius 3 is 2.29 bits per heavy atom. The van der Waals surface area contributed by atoms with E-state index in [-0.39, 0.29) is 11.7 Å². The fourth-order valence-corrected chi connectivity index (χ4v) is 2.50. The van der Waals surface area contributed by atoms with Gasteiger partial charge in [0, 0.05) is 6.07 Å². The number of anilines is 1. The van der Waals surface area contributed by atoms with Crippen LogP contribution in [0.25, 0.3) is 0 Å². The first-order valence-electron chi connectivity index (χ1n) is 6.26. The van der Waals surface area contributed by atoms with Gasteiger partial charge in [-0.1, -0.05) is 12.1 Å². The number of alkyl halides is 3. The summed E-state index contributed by atoms with van der Waals surface area (Å²) in [6.07, 6.45) is -4.06. The van der Waals surface area contributed by atoms with Gasteiger partial charge in [0.1, 0.15) is 11.6 Å². The number of fused-ring (bicyclic) bond motifs is 1. The first kappa shape index (κ1) is 13.9. The van der Waals surface area contributed by atoms with Crippen molar-refractivity contribution in [3.63, 3.8) is 0 Å². The zero-order valence-electron chi connectivity index (χ0n) is 10.6. The molecule has 6 heteroatoms. The van der Waals surface area contributed by atoms with Gasteiger partial charge >= 0.3 is 6.18 Å². The molecule has 3 rings (SSSR count). The zero-order valence-corrected chi connectivity index (χ0v) is 10.6. The smallest absolute Gasteiger partial charge is 0.375 e. The molecule has 0 saturated carbocycles. The van der Waals surface area contributed by atoms with Gasteiger partial charge in [-0.25, -0.2) is 8.78 Å². The topological polar surface area (TPSA) is 12.0 Å². The van der Waals surface area contributed by atoms with E-state index in [0.29, 0.717) is 17.5 Å². The van der Waals surface area contributed by atoms with Crippen molar-refractivity contribution in [3.05, 3.63) is 64.7 Å². The van der Waals surface area contributed by atoms with E-state index in [4.69, 9.17) is 0 Å². The van der Waals surface area contributed by atoms with E-state index in [9.17, 15) is 22.0 Å². The highest BCUT2D eigenvalue weighted by Crippen LogP contribution is 2.37. The molecule has 1 aliphatic rings. The number of benzene rings is 2. The zero-order chi connectivity index (χ0) is 15.2. The Morgan fingerprint density at radius 2 is 1.67 bits per heavy atom. The maximum absolute atomic E-state index is 13.6. The van der Waals surface area contributed by atoms with Gasteiger partial charge in [0.25, 0.3) is 0 Å². The molecule has 0 amide bonds. The lowest BCUT2D eigenvalue weighted by Gasteiger charge is -2.13. The number of rotatable bonds is 1. The van der Waals surface area contributed by atoms with E-state index in [1.54, 1.807) is 0 Å². The number of hydrogen-bond donors (Lipinski definition) is 1. The Labute approximate surface area is 117 Å². The van der Waals surface area contributed by atoms with E-state index in [0.717, 1.165) is 18.2 Å². The molecule has 1 N–H and O–H groups in total. The minimum absolute atomic E-state index is 0.210. The van der Waals surface area contributed by atoms with E-state index in [2.05, 4.69) is 5.32 Å². The lowest BCUT2D eigenvalue weighted by Crippen LogP contribution is -2.08. The molecule has 0 fully saturated rings. The summed E-state index contributed by atoms with van der Waals surface area (Å²) in [5.74, 6) is -1.36. The second-order valence-corrected chi connectivity index (χ2v) is 4.94. The third-order valence-corrected chi connectivity index (χ3v) is 3.52. The van der Waals surface area contributed by atoms with Crippen LogP contribution in [0.2, 0.25) is 0 Å². The maximum atomic E-state index is 13.6. The molecule has 1 unspecified atom stereocenters. The van der Waals surface area contributed by atoms with Crippen LogP contribution in [0, 0.1) is 11.6 Å². The number of nitrogens with one attached hydrogen (secondary N) is 1. The van der Waals surface area contributed by atoms with E-state index in [1.165, 1.54) is 18.2 Å². The van der Waals surface area contributed by atoms with Crippen LogP contribution in [0.4, 0.5) is 27.6 Å². The molecule has 21 heavy (non-hydrogen) atoms. The maximum Gasteiger partial charge on any atom is 0.416 e. The van der Waals surface area contributed by atoms with Crippen molar-refractivity contribution in [2.24, 2.45) is 0 Å². The molecule has 2 aromatic rings. The van der Waals surface area contributed by atoms with Gasteiger partial charge in [0.15, 0.2) is 0 Å². The van der Waals surface area contributed by atoms with Gasteiger partial charge < -0.3 is 5.32 Å². The first-order valence-corrected chi connectivity index (χ1v) is 6.26. The predicted molar refractivity (Wildman–Crippen MR) is 67.9 cm³/mol. The highest BCUT2D eigenvalue weighted by Gasteiger charge is 2.31. The molecule has 0 aromatic heterocycles. The van der Waals surface area contributed by atoms with Gasteiger partial charge in [-0.05, 0) is 35.7 Å². The first-order chi connectivity index (χ1) is 9.84. The van der Waals surface area contributed by atoms with Crippen molar-refractivity contribution < 1.29 is 22.0 Å². The van der Waals surface area contributed by atoms with Crippen LogP contribution in [0.5, 0.6) is 0 Å². The molecule has 0 aliphatic carbocycles. The number of hydrogen-bond acceptors (Lipinski definition) is 1. The summed E-state index contributed by atoms with van der Waals surface area (Å²) < 4.78 is 64.3. The lowest BCUT2D eigenvalue weighted by molar-refractivity contribution is -0.137. The highest BCUT2D eigenvalue weighted by atomic mass is 19.4. The van der Waals surface area contributed by atoms with Crippen LogP contribution in [0.1, 0.15) is 22.7 Å². The molecular weight excluding hydrogens is 289 g/mol. The summed E-state index contributed by atoms with van der Waals surface area (Å²) in [6, 6.07) is 6.31. The van der Waals surface area contributed by atoms with Crippen LogP contribution >= 0.6 is 0 Å². The molecule has 110 valence electrons. The predicted octanol–water partition coefficient (Wildman–Crippen LogP) is 4.69. The Kier molecular flexibility index (Phi) is 3.11. The minimum atomic E-state index is -4.39. The molecule has 0 saturated heterocycles. The fraction of sp³-hybridized carbons (Fsp3) is 0.200. The molecule has 0 spiro atoms.